The molecule has 0 unspecified atom stereocenters. The SMILES string of the molecule is Nc1cc(N=Nc2ccc([As](O)O)cc2)ccc1O. The predicted octanol–water partition coefficient (Wildman–Crippen LogP) is 1.07. The van der Waals surface area contributed by atoms with E-state index in [1.165, 1.54) is 12.1 Å². The molecule has 0 bridgehead atoms. The maximum atomic E-state index is 9.27. The average Bonchev–Trinajstić information content (AvgIpc) is 2.40. The Balaban J connectivity index is 2.15. The van der Waals surface area contributed by atoms with E-state index in [1.54, 1.807) is 30.3 Å². The van der Waals surface area contributed by atoms with Gasteiger partial charge >= 0.3 is 114 Å². The fourth-order valence-electron chi connectivity index (χ4n) is 1.37. The summed E-state index contributed by atoms with van der Waals surface area (Å²) in [5, 5.41) is 17.2. The number of nitrogens with two attached hydrogens (primary N) is 1. The van der Waals surface area contributed by atoms with E-state index in [0.29, 0.717) is 15.7 Å². The van der Waals surface area contributed by atoms with Crippen molar-refractivity contribution >= 4 is 36.7 Å². The van der Waals surface area contributed by atoms with Crippen LogP contribution >= 0.6 is 0 Å². The Bertz CT molecular complexity index is 600. The summed E-state index contributed by atoms with van der Waals surface area (Å²) in [6, 6.07) is 11.1. The first-order valence-corrected chi connectivity index (χ1v) is 7.96. The molecule has 0 aliphatic rings. The molecular weight excluding hydrogens is 309 g/mol. The van der Waals surface area contributed by atoms with Crippen molar-refractivity contribution in [1.29, 1.82) is 0 Å². The minimum atomic E-state index is -2.82. The molecule has 5 N–H and O–H groups in total. The van der Waals surface area contributed by atoms with Gasteiger partial charge in [-0.1, -0.05) is 0 Å². The summed E-state index contributed by atoms with van der Waals surface area (Å²) in [6.45, 7) is 0. The first-order chi connectivity index (χ1) is 9.06. The number of azo groups is 1. The van der Waals surface area contributed by atoms with Crippen LogP contribution in [-0.4, -0.2) is 28.6 Å². The van der Waals surface area contributed by atoms with Gasteiger partial charge in [-0.15, -0.1) is 0 Å². The van der Waals surface area contributed by atoms with E-state index in [1.807, 2.05) is 0 Å². The van der Waals surface area contributed by atoms with Gasteiger partial charge in [0, 0.05) is 0 Å². The van der Waals surface area contributed by atoms with Gasteiger partial charge in [-0.3, -0.25) is 0 Å². The molecule has 0 atom stereocenters. The number of nitrogens with zero attached hydrogens (tertiary/aromatic N) is 2. The molecule has 0 spiro atoms. The molecule has 0 radical (unpaired) electrons. The fraction of sp³-hybridized carbons (Fsp3) is 0. The van der Waals surface area contributed by atoms with Crippen LogP contribution in [0.1, 0.15) is 0 Å². The Hall–Kier alpha value is -1.88. The van der Waals surface area contributed by atoms with Crippen LogP contribution in [0.4, 0.5) is 17.1 Å². The van der Waals surface area contributed by atoms with E-state index in [0.717, 1.165) is 0 Å². The topological polar surface area (TPSA) is 111 Å². The third-order valence-electron chi connectivity index (χ3n) is 2.37. The van der Waals surface area contributed by atoms with Gasteiger partial charge in [0.2, 0.25) is 0 Å². The number of anilines is 1. The number of rotatable bonds is 3. The first kappa shape index (κ1) is 13.5. The molecule has 0 fully saturated rings. The molecule has 0 aliphatic heterocycles. The van der Waals surface area contributed by atoms with Gasteiger partial charge in [-0.25, -0.2) is 0 Å². The van der Waals surface area contributed by atoms with E-state index in [-0.39, 0.29) is 11.4 Å². The quantitative estimate of drug-likeness (QED) is 0.293. The molecule has 2 rings (SSSR count). The number of benzene rings is 2. The summed E-state index contributed by atoms with van der Waals surface area (Å²) >= 11 is -2.82. The zero-order chi connectivity index (χ0) is 13.8. The molecule has 0 saturated heterocycles. The molecule has 98 valence electrons. The summed E-state index contributed by atoms with van der Waals surface area (Å²) in [4.78, 5) is 0. The summed E-state index contributed by atoms with van der Waals surface area (Å²) in [5.74, 6) is 0.00504. The first-order valence-electron chi connectivity index (χ1n) is 5.34. The van der Waals surface area contributed by atoms with Crippen molar-refractivity contribution in [2.24, 2.45) is 10.2 Å². The zero-order valence-electron chi connectivity index (χ0n) is 9.80. The number of phenolic OH excluding ortho intramolecular Hbond substituents is 1. The third-order valence-corrected chi connectivity index (χ3v) is 3.97. The standard InChI is InChI=1S/C12H12AsN3O3/c14-11-7-10(5-6-12(11)17)16-15-9-3-1-8(2-4-9)13(18)19/h1-7,17-19H,14H2. The van der Waals surface area contributed by atoms with E-state index < -0.39 is 15.3 Å². The van der Waals surface area contributed by atoms with Crippen molar-refractivity contribution < 1.29 is 13.3 Å². The van der Waals surface area contributed by atoms with Crippen LogP contribution in [0.2, 0.25) is 0 Å². The van der Waals surface area contributed by atoms with E-state index in [2.05, 4.69) is 10.2 Å². The van der Waals surface area contributed by atoms with Crippen molar-refractivity contribution in [2.75, 3.05) is 5.73 Å². The number of hydrogen-bond acceptors (Lipinski definition) is 6. The van der Waals surface area contributed by atoms with E-state index in [4.69, 9.17) is 13.9 Å². The molecule has 0 amide bonds. The summed E-state index contributed by atoms with van der Waals surface area (Å²) in [6.07, 6.45) is 0. The van der Waals surface area contributed by atoms with Gasteiger partial charge in [0.15, 0.2) is 0 Å². The number of aromatic hydroxyl groups is 1. The van der Waals surface area contributed by atoms with Gasteiger partial charge in [-0.2, -0.15) is 0 Å². The van der Waals surface area contributed by atoms with E-state index >= 15 is 0 Å². The Morgan fingerprint density at radius 3 is 2.05 bits per heavy atom. The van der Waals surface area contributed by atoms with Crippen LogP contribution in [-0.2, 0) is 0 Å². The van der Waals surface area contributed by atoms with Gasteiger partial charge < -0.3 is 0 Å². The normalized spacial score (nSPS) is 11.3. The van der Waals surface area contributed by atoms with Crippen LogP contribution in [0.25, 0.3) is 0 Å². The third kappa shape index (κ3) is 3.54. The van der Waals surface area contributed by atoms with Crippen molar-refractivity contribution in [3.8, 4) is 5.75 Å². The second-order valence-corrected chi connectivity index (χ2v) is 6.05. The molecule has 7 heteroatoms. The Morgan fingerprint density at radius 1 is 0.895 bits per heavy atom. The van der Waals surface area contributed by atoms with Crippen LogP contribution in [0.15, 0.2) is 52.7 Å². The van der Waals surface area contributed by atoms with Crippen LogP contribution in [0, 0.1) is 0 Å². The molecule has 19 heavy (non-hydrogen) atoms. The molecule has 2 aromatic carbocycles. The van der Waals surface area contributed by atoms with Crippen molar-refractivity contribution in [2.45, 2.75) is 0 Å². The Kier molecular flexibility index (Phi) is 4.16. The molecule has 0 heterocycles. The van der Waals surface area contributed by atoms with Crippen molar-refractivity contribution in [3.05, 3.63) is 42.5 Å². The molecular formula is C12H12AsN3O3. The summed E-state index contributed by atoms with van der Waals surface area (Å²) in [7, 11) is 0. The van der Waals surface area contributed by atoms with Crippen molar-refractivity contribution in [3.63, 3.8) is 0 Å². The molecule has 0 aliphatic carbocycles. The van der Waals surface area contributed by atoms with Crippen LogP contribution in [0.3, 0.4) is 0 Å². The van der Waals surface area contributed by atoms with Crippen LogP contribution in [0.5, 0.6) is 5.75 Å². The molecule has 6 nitrogen and oxygen atoms in total. The van der Waals surface area contributed by atoms with Gasteiger partial charge in [0.05, 0.1) is 0 Å². The Labute approximate surface area is 114 Å². The number of hydrogen-bond donors (Lipinski definition) is 4. The summed E-state index contributed by atoms with van der Waals surface area (Å²) < 4.78 is 18.7. The predicted molar refractivity (Wildman–Crippen MR) is 73.0 cm³/mol. The second-order valence-electron chi connectivity index (χ2n) is 3.75. The number of phenols is 1. The average molecular weight is 321 g/mol. The van der Waals surface area contributed by atoms with E-state index in [9.17, 15) is 5.11 Å². The fourth-order valence-corrected chi connectivity index (χ4v) is 2.24. The molecule has 0 saturated carbocycles. The Morgan fingerprint density at radius 2 is 1.47 bits per heavy atom. The summed E-state index contributed by atoms with van der Waals surface area (Å²) in [5.41, 5.74) is 6.89. The monoisotopic (exact) mass is 321 g/mol. The van der Waals surface area contributed by atoms with Gasteiger partial charge in [0.25, 0.3) is 0 Å². The van der Waals surface area contributed by atoms with Crippen molar-refractivity contribution in [1.82, 2.24) is 0 Å². The minimum absolute atomic E-state index is 0.00504. The second kappa shape index (κ2) is 5.84. The maximum absolute atomic E-state index is 9.27. The number of nitrogen functional groups attached to an aromatic ring is 1. The van der Waals surface area contributed by atoms with Crippen LogP contribution < -0.4 is 10.1 Å². The zero-order valence-corrected chi connectivity index (χ0v) is 11.7. The van der Waals surface area contributed by atoms with Gasteiger partial charge in [-0.05, 0) is 0 Å². The molecule has 0 aromatic heterocycles. The molecule has 2 aromatic rings. The van der Waals surface area contributed by atoms with Gasteiger partial charge in [0.1, 0.15) is 0 Å².